The molecule has 1 fully saturated rings. The number of nitrogens with one attached hydrogen (secondary N) is 2. The molecule has 0 unspecified atom stereocenters. The smallest absolute Gasteiger partial charge is 0.262 e. The van der Waals surface area contributed by atoms with Crippen molar-refractivity contribution in [2.75, 3.05) is 23.4 Å². The van der Waals surface area contributed by atoms with E-state index < -0.39 is 5.92 Å². The fourth-order valence-corrected chi connectivity index (χ4v) is 5.20. The van der Waals surface area contributed by atoms with E-state index in [4.69, 9.17) is 4.74 Å². The molecule has 1 aliphatic rings. The number of nitrogens with zero attached hydrogens (tertiary/aromatic N) is 1. The molecule has 198 valence electrons. The zero-order chi connectivity index (χ0) is 27.2. The number of halogens is 1. The summed E-state index contributed by atoms with van der Waals surface area (Å²) in [6.07, 6.45) is 0.968. The predicted molar refractivity (Wildman–Crippen MR) is 152 cm³/mol. The average Bonchev–Trinajstić information content (AvgIpc) is 3.30. The number of hydrogen-bond donors (Lipinski definition) is 2. The summed E-state index contributed by atoms with van der Waals surface area (Å²) < 4.78 is 6.65. The van der Waals surface area contributed by atoms with Gasteiger partial charge in [0.2, 0.25) is 11.8 Å². The molecule has 3 amide bonds. The molecule has 2 N–H and O–H groups in total. The molecule has 38 heavy (non-hydrogen) atoms. The summed E-state index contributed by atoms with van der Waals surface area (Å²) in [5.41, 5.74) is 5.71. The Kier molecular flexibility index (Phi) is 8.84. The van der Waals surface area contributed by atoms with E-state index in [9.17, 15) is 14.4 Å². The van der Waals surface area contributed by atoms with E-state index in [2.05, 4.69) is 26.6 Å². The Morgan fingerprint density at radius 2 is 1.76 bits per heavy atom. The van der Waals surface area contributed by atoms with Crippen LogP contribution in [0, 0.1) is 19.8 Å². The van der Waals surface area contributed by atoms with Gasteiger partial charge in [-0.1, -0.05) is 47.1 Å². The lowest BCUT2D eigenvalue weighted by molar-refractivity contribution is -0.126. The van der Waals surface area contributed by atoms with Gasteiger partial charge in [-0.2, -0.15) is 0 Å². The molecule has 0 aromatic heterocycles. The minimum atomic E-state index is -0.402. The zero-order valence-corrected chi connectivity index (χ0v) is 23.4. The SMILES string of the molecule is CCc1cc(Br)cc(C)c1NC(=O)COc1ccc(N2C[C@H](C(=O)NCc3ccccc3C)CC2=O)cc1. The Morgan fingerprint density at radius 1 is 1.03 bits per heavy atom. The number of carbonyl (C=O) groups is 3. The van der Waals surface area contributed by atoms with E-state index >= 15 is 0 Å². The number of rotatable bonds is 9. The molecule has 3 aromatic carbocycles. The molecule has 8 heteroatoms. The molecule has 0 saturated carbocycles. The van der Waals surface area contributed by atoms with Gasteiger partial charge in [-0.25, -0.2) is 0 Å². The molecular formula is C30H32BrN3O4. The molecule has 7 nitrogen and oxygen atoms in total. The van der Waals surface area contributed by atoms with E-state index in [1.807, 2.05) is 57.2 Å². The van der Waals surface area contributed by atoms with Gasteiger partial charge in [0.1, 0.15) is 5.75 Å². The number of anilines is 2. The molecule has 4 rings (SSSR count). The van der Waals surface area contributed by atoms with E-state index in [1.165, 1.54) is 0 Å². The normalized spacial score (nSPS) is 14.9. The van der Waals surface area contributed by atoms with Crippen LogP contribution < -0.4 is 20.3 Å². The summed E-state index contributed by atoms with van der Waals surface area (Å²) in [6, 6.07) is 18.9. The van der Waals surface area contributed by atoms with Crippen LogP contribution in [0.2, 0.25) is 0 Å². The summed E-state index contributed by atoms with van der Waals surface area (Å²) in [7, 11) is 0. The molecule has 1 atom stereocenters. The first-order chi connectivity index (χ1) is 18.2. The molecule has 3 aromatic rings. The van der Waals surface area contributed by atoms with E-state index in [0.717, 1.165) is 38.8 Å². The fraction of sp³-hybridized carbons (Fsp3) is 0.300. The second-order valence-electron chi connectivity index (χ2n) is 9.49. The van der Waals surface area contributed by atoms with Crippen LogP contribution in [-0.2, 0) is 27.3 Å². The fourth-order valence-electron chi connectivity index (χ4n) is 4.58. The Morgan fingerprint density at radius 3 is 2.47 bits per heavy atom. The van der Waals surface area contributed by atoms with Crippen molar-refractivity contribution in [1.29, 1.82) is 0 Å². The molecule has 1 saturated heterocycles. The highest BCUT2D eigenvalue weighted by Crippen LogP contribution is 2.28. The second-order valence-corrected chi connectivity index (χ2v) is 10.4. The number of amides is 3. The second kappa shape index (κ2) is 12.3. The largest absolute Gasteiger partial charge is 0.484 e. The van der Waals surface area contributed by atoms with Crippen LogP contribution in [-0.4, -0.2) is 30.9 Å². The number of carbonyl (C=O) groups excluding carboxylic acids is 3. The number of aryl methyl sites for hydroxylation is 3. The van der Waals surface area contributed by atoms with Gasteiger partial charge >= 0.3 is 0 Å². The van der Waals surface area contributed by atoms with Crippen molar-refractivity contribution in [1.82, 2.24) is 5.32 Å². The highest BCUT2D eigenvalue weighted by atomic mass is 79.9. The first-order valence-electron chi connectivity index (χ1n) is 12.7. The van der Waals surface area contributed by atoms with E-state index in [0.29, 0.717) is 24.5 Å². The van der Waals surface area contributed by atoms with Crippen molar-refractivity contribution in [3.05, 3.63) is 87.4 Å². The van der Waals surface area contributed by atoms with E-state index in [1.54, 1.807) is 29.2 Å². The topological polar surface area (TPSA) is 87.7 Å². The van der Waals surface area contributed by atoms with Gasteiger partial charge in [0.15, 0.2) is 6.61 Å². The maximum Gasteiger partial charge on any atom is 0.262 e. The summed E-state index contributed by atoms with van der Waals surface area (Å²) in [6.45, 7) is 6.64. The first kappa shape index (κ1) is 27.4. The monoisotopic (exact) mass is 577 g/mol. The van der Waals surface area contributed by atoms with Gasteiger partial charge in [0.05, 0.1) is 5.92 Å². The van der Waals surface area contributed by atoms with Crippen LogP contribution in [0.4, 0.5) is 11.4 Å². The van der Waals surface area contributed by atoms with Crippen LogP contribution in [0.25, 0.3) is 0 Å². The molecule has 1 heterocycles. The van der Waals surface area contributed by atoms with E-state index in [-0.39, 0.29) is 30.7 Å². The maximum atomic E-state index is 12.7. The third-order valence-corrected chi connectivity index (χ3v) is 7.21. The van der Waals surface area contributed by atoms with Crippen molar-refractivity contribution in [2.45, 2.75) is 40.2 Å². The number of ether oxygens (including phenoxy) is 1. The Bertz CT molecular complexity index is 1340. The standard InChI is InChI=1S/C30H32BrN3O4/c1-4-21-14-24(31)13-20(3)29(21)33-27(35)18-38-26-11-9-25(10-12-26)34-17-23(15-28(34)36)30(37)32-16-22-8-6-5-7-19(22)2/h5-14,23H,4,15-18H2,1-3H3,(H,32,37)(H,33,35)/t23-/m1/s1. The Balaban J connectivity index is 1.29. The number of hydrogen-bond acceptors (Lipinski definition) is 4. The summed E-state index contributed by atoms with van der Waals surface area (Å²) >= 11 is 3.50. The van der Waals surface area contributed by atoms with Gasteiger partial charge < -0.3 is 20.3 Å². The van der Waals surface area contributed by atoms with Crippen LogP contribution in [0.15, 0.2) is 65.1 Å². The minimum absolute atomic E-state index is 0.0920. The highest BCUT2D eigenvalue weighted by molar-refractivity contribution is 9.10. The third kappa shape index (κ3) is 6.61. The first-order valence-corrected chi connectivity index (χ1v) is 13.5. The summed E-state index contributed by atoms with van der Waals surface area (Å²) in [5, 5.41) is 5.92. The molecule has 0 bridgehead atoms. The lowest BCUT2D eigenvalue weighted by atomic mass is 10.1. The van der Waals surface area contributed by atoms with Crippen molar-refractivity contribution >= 4 is 45.0 Å². The quantitative estimate of drug-likeness (QED) is 0.360. The predicted octanol–water partition coefficient (Wildman–Crippen LogP) is 5.32. The molecule has 0 spiro atoms. The molecule has 0 radical (unpaired) electrons. The average molecular weight is 579 g/mol. The Labute approximate surface area is 231 Å². The van der Waals surface area contributed by atoms with Crippen LogP contribution >= 0.6 is 15.9 Å². The third-order valence-electron chi connectivity index (χ3n) is 6.76. The maximum absolute atomic E-state index is 12.7. The van der Waals surface area contributed by atoms with Crippen LogP contribution in [0.3, 0.4) is 0 Å². The van der Waals surface area contributed by atoms with Gasteiger partial charge in [-0.3, -0.25) is 14.4 Å². The molecule has 1 aliphatic heterocycles. The van der Waals surface area contributed by atoms with Gasteiger partial charge in [0, 0.05) is 35.4 Å². The lowest BCUT2D eigenvalue weighted by Gasteiger charge is -2.18. The van der Waals surface area contributed by atoms with Crippen molar-refractivity contribution in [3.63, 3.8) is 0 Å². The van der Waals surface area contributed by atoms with Crippen LogP contribution in [0.1, 0.15) is 35.6 Å². The summed E-state index contributed by atoms with van der Waals surface area (Å²) in [5.74, 6) is -0.344. The highest BCUT2D eigenvalue weighted by Gasteiger charge is 2.35. The minimum Gasteiger partial charge on any atom is -0.484 e. The van der Waals surface area contributed by atoms with Crippen LogP contribution in [0.5, 0.6) is 5.75 Å². The Hall–Kier alpha value is -3.65. The molecule has 0 aliphatic carbocycles. The molecular weight excluding hydrogens is 546 g/mol. The lowest BCUT2D eigenvalue weighted by Crippen LogP contribution is -2.32. The number of benzene rings is 3. The van der Waals surface area contributed by atoms with Gasteiger partial charge in [0.25, 0.3) is 5.91 Å². The van der Waals surface area contributed by atoms with Gasteiger partial charge in [-0.15, -0.1) is 0 Å². The summed E-state index contributed by atoms with van der Waals surface area (Å²) in [4.78, 5) is 39.5. The van der Waals surface area contributed by atoms with Crippen molar-refractivity contribution < 1.29 is 19.1 Å². The van der Waals surface area contributed by atoms with Crippen molar-refractivity contribution in [3.8, 4) is 5.75 Å². The van der Waals surface area contributed by atoms with Gasteiger partial charge in [-0.05, 0) is 78.9 Å². The van der Waals surface area contributed by atoms with Crippen molar-refractivity contribution in [2.24, 2.45) is 5.92 Å². The zero-order valence-electron chi connectivity index (χ0n) is 21.8.